The third-order valence-corrected chi connectivity index (χ3v) is 7.76. The van der Waals surface area contributed by atoms with E-state index in [0.717, 1.165) is 63.2 Å². The van der Waals surface area contributed by atoms with Crippen LogP contribution in [0.1, 0.15) is 54.5 Å². The second-order valence-corrected chi connectivity index (χ2v) is 10.4. The summed E-state index contributed by atoms with van der Waals surface area (Å²) in [6.07, 6.45) is 5.59. The minimum Gasteiger partial charge on any atom is -0.381 e. The highest BCUT2D eigenvalue weighted by atomic mass is 16.5. The molecule has 3 aliphatic heterocycles. The van der Waals surface area contributed by atoms with Crippen molar-refractivity contribution in [3.05, 3.63) is 52.8 Å². The number of carbonyl (C=O) groups is 1. The SMILES string of the molecule is Cc1cccc([C@@H]2CN(C)CC[C@H]2C(=O)N2Cc3nc(NC4CCOCC4)ncc3C[C@H]2C)c1. The van der Waals surface area contributed by atoms with Crippen LogP contribution in [0.25, 0.3) is 0 Å². The molecular formula is C27H37N5O2. The van der Waals surface area contributed by atoms with E-state index in [9.17, 15) is 4.79 Å². The van der Waals surface area contributed by atoms with Gasteiger partial charge in [-0.15, -0.1) is 0 Å². The Morgan fingerprint density at radius 1 is 1.21 bits per heavy atom. The molecular weight excluding hydrogens is 426 g/mol. The first kappa shape index (κ1) is 23.2. The number of nitrogens with one attached hydrogen (secondary N) is 1. The highest BCUT2D eigenvalue weighted by molar-refractivity contribution is 5.81. The van der Waals surface area contributed by atoms with Gasteiger partial charge in [0.2, 0.25) is 11.9 Å². The topological polar surface area (TPSA) is 70.6 Å². The smallest absolute Gasteiger partial charge is 0.227 e. The van der Waals surface area contributed by atoms with Gasteiger partial charge in [-0.2, -0.15) is 0 Å². The van der Waals surface area contributed by atoms with Crippen molar-refractivity contribution in [3.63, 3.8) is 0 Å². The van der Waals surface area contributed by atoms with Gasteiger partial charge in [0.25, 0.3) is 0 Å². The van der Waals surface area contributed by atoms with Crippen LogP contribution in [0.3, 0.4) is 0 Å². The summed E-state index contributed by atoms with van der Waals surface area (Å²) in [5.74, 6) is 1.17. The molecule has 7 heteroatoms. The lowest BCUT2D eigenvalue weighted by Gasteiger charge is -2.42. The number of aromatic nitrogens is 2. The normalized spacial score (nSPS) is 26.2. The van der Waals surface area contributed by atoms with Gasteiger partial charge < -0.3 is 19.9 Å². The molecule has 0 saturated carbocycles. The molecule has 0 spiro atoms. The third-order valence-electron chi connectivity index (χ3n) is 7.76. The minimum absolute atomic E-state index is 0.00340. The van der Waals surface area contributed by atoms with Crippen LogP contribution in [0.4, 0.5) is 5.95 Å². The largest absolute Gasteiger partial charge is 0.381 e. The number of piperidine rings is 1. The first-order chi connectivity index (χ1) is 16.5. The molecule has 1 aromatic carbocycles. The van der Waals surface area contributed by atoms with Gasteiger partial charge in [-0.1, -0.05) is 29.8 Å². The fourth-order valence-corrected chi connectivity index (χ4v) is 5.75. The Morgan fingerprint density at radius 2 is 2.03 bits per heavy atom. The lowest BCUT2D eigenvalue weighted by atomic mass is 9.79. The molecule has 0 unspecified atom stereocenters. The van der Waals surface area contributed by atoms with E-state index in [0.29, 0.717) is 18.5 Å². The molecule has 0 aliphatic carbocycles. The van der Waals surface area contributed by atoms with Crippen molar-refractivity contribution in [3.8, 4) is 0 Å². The maximum atomic E-state index is 14.0. The molecule has 5 rings (SSSR count). The van der Waals surface area contributed by atoms with Crippen molar-refractivity contribution in [1.29, 1.82) is 0 Å². The number of ether oxygens (including phenoxy) is 1. The number of nitrogens with zero attached hydrogens (tertiary/aromatic N) is 4. The summed E-state index contributed by atoms with van der Waals surface area (Å²) in [5.41, 5.74) is 4.67. The molecule has 0 radical (unpaired) electrons. The van der Waals surface area contributed by atoms with Crippen molar-refractivity contribution in [2.75, 3.05) is 38.7 Å². The Kier molecular flexibility index (Phi) is 6.84. The van der Waals surface area contributed by atoms with E-state index < -0.39 is 0 Å². The van der Waals surface area contributed by atoms with Crippen LogP contribution in [0, 0.1) is 12.8 Å². The van der Waals surface area contributed by atoms with Crippen molar-refractivity contribution in [2.24, 2.45) is 5.92 Å². The molecule has 1 amide bonds. The van der Waals surface area contributed by atoms with Gasteiger partial charge in [-0.05, 0) is 64.3 Å². The highest BCUT2D eigenvalue weighted by Crippen LogP contribution is 2.35. The lowest BCUT2D eigenvalue weighted by molar-refractivity contribution is -0.141. The number of hydrogen-bond donors (Lipinski definition) is 1. The van der Waals surface area contributed by atoms with E-state index in [2.05, 4.69) is 65.3 Å². The molecule has 182 valence electrons. The Hall–Kier alpha value is -2.51. The molecule has 2 aromatic rings. The molecule has 7 nitrogen and oxygen atoms in total. The van der Waals surface area contributed by atoms with Crippen LogP contribution in [-0.4, -0.2) is 71.1 Å². The van der Waals surface area contributed by atoms with E-state index in [1.165, 1.54) is 11.1 Å². The standard InChI is InChI=1S/C27H37N5O2/c1-18-5-4-6-20(13-18)24-16-31(3)10-7-23(24)26(33)32-17-25-21(14-19(32)2)15-28-27(30-25)29-22-8-11-34-12-9-22/h4-6,13,15,19,22-24H,7-12,14,16-17H2,1-3H3,(H,28,29,30)/t19-,23-,24+/m1/s1. The first-order valence-electron chi connectivity index (χ1n) is 12.7. The van der Waals surface area contributed by atoms with Crippen LogP contribution in [0.2, 0.25) is 0 Å². The van der Waals surface area contributed by atoms with E-state index in [4.69, 9.17) is 9.72 Å². The monoisotopic (exact) mass is 463 g/mol. The number of likely N-dealkylation sites (tertiary alicyclic amines) is 1. The summed E-state index contributed by atoms with van der Waals surface area (Å²) in [7, 11) is 2.16. The highest BCUT2D eigenvalue weighted by Gasteiger charge is 2.39. The van der Waals surface area contributed by atoms with Crippen LogP contribution >= 0.6 is 0 Å². The van der Waals surface area contributed by atoms with Gasteiger partial charge >= 0.3 is 0 Å². The molecule has 0 bridgehead atoms. The number of anilines is 1. The third kappa shape index (κ3) is 4.96. The summed E-state index contributed by atoms with van der Waals surface area (Å²) in [6, 6.07) is 9.18. The maximum Gasteiger partial charge on any atom is 0.227 e. The Balaban J connectivity index is 1.35. The van der Waals surface area contributed by atoms with Crippen LogP contribution in [-0.2, 0) is 22.5 Å². The van der Waals surface area contributed by atoms with Crippen LogP contribution < -0.4 is 5.32 Å². The van der Waals surface area contributed by atoms with Gasteiger partial charge in [0.05, 0.1) is 12.2 Å². The molecule has 3 atom stereocenters. The predicted octanol–water partition coefficient (Wildman–Crippen LogP) is 3.38. The molecule has 1 aromatic heterocycles. The summed E-state index contributed by atoms with van der Waals surface area (Å²) >= 11 is 0. The summed E-state index contributed by atoms with van der Waals surface area (Å²) in [6.45, 7) is 8.28. The minimum atomic E-state index is 0.00340. The van der Waals surface area contributed by atoms with Crippen molar-refractivity contribution in [2.45, 2.75) is 64.1 Å². The van der Waals surface area contributed by atoms with E-state index >= 15 is 0 Å². The summed E-state index contributed by atoms with van der Waals surface area (Å²) < 4.78 is 5.46. The van der Waals surface area contributed by atoms with E-state index in [1.54, 1.807) is 0 Å². The maximum absolute atomic E-state index is 14.0. The molecule has 4 heterocycles. The molecule has 34 heavy (non-hydrogen) atoms. The molecule has 1 N–H and O–H groups in total. The van der Waals surface area contributed by atoms with E-state index in [-0.39, 0.29) is 23.8 Å². The number of aryl methyl sites for hydroxylation is 1. The number of hydrogen-bond acceptors (Lipinski definition) is 6. The number of fused-ring (bicyclic) bond motifs is 1. The van der Waals surface area contributed by atoms with Crippen LogP contribution in [0.5, 0.6) is 0 Å². The number of likely N-dealkylation sites (N-methyl/N-ethyl adjacent to an activating group) is 1. The average Bonchev–Trinajstić information content (AvgIpc) is 2.84. The second kappa shape index (κ2) is 10.0. The Bertz CT molecular complexity index is 1020. The number of carbonyl (C=O) groups excluding carboxylic acids is 1. The quantitative estimate of drug-likeness (QED) is 0.750. The Labute approximate surface area is 202 Å². The van der Waals surface area contributed by atoms with Crippen molar-refractivity contribution >= 4 is 11.9 Å². The average molecular weight is 464 g/mol. The number of rotatable bonds is 4. The van der Waals surface area contributed by atoms with Crippen molar-refractivity contribution in [1.82, 2.24) is 19.8 Å². The number of amides is 1. The summed E-state index contributed by atoms with van der Waals surface area (Å²) in [5, 5.41) is 3.48. The summed E-state index contributed by atoms with van der Waals surface area (Å²) in [4.78, 5) is 27.8. The zero-order valence-electron chi connectivity index (χ0n) is 20.7. The second-order valence-electron chi connectivity index (χ2n) is 10.4. The van der Waals surface area contributed by atoms with Gasteiger partial charge in [-0.3, -0.25) is 4.79 Å². The zero-order valence-corrected chi connectivity index (χ0v) is 20.7. The molecule has 2 fully saturated rings. The lowest BCUT2D eigenvalue weighted by Crippen LogP contribution is -2.50. The van der Waals surface area contributed by atoms with Gasteiger partial charge in [0.15, 0.2) is 0 Å². The fourth-order valence-electron chi connectivity index (χ4n) is 5.75. The van der Waals surface area contributed by atoms with Crippen LogP contribution in [0.15, 0.2) is 30.5 Å². The number of benzene rings is 1. The van der Waals surface area contributed by atoms with E-state index in [1.807, 2.05) is 6.20 Å². The van der Waals surface area contributed by atoms with Gasteiger partial charge in [0, 0.05) is 49.9 Å². The molecule has 2 saturated heterocycles. The van der Waals surface area contributed by atoms with Crippen molar-refractivity contribution < 1.29 is 9.53 Å². The fraction of sp³-hybridized carbons (Fsp3) is 0.593. The Morgan fingerprint density at radius 3 is 2.82 bits per heavy atom. The predicted molar refractivity (Wildman–Crippen MR) is 133 cm³/mol. The van der Waals surface area contributed by atoms with Gasteiger partial charge in [-0.25, -0.2) is 9.97 Å². The van der Waals surface area contributed by atoms with Gasteiger partial charge in [0.1, 0.15) is 0 Å². The first-order valence-corrected chi connectivity index (χ1v) is 12.7. The molecule has 3 aliphatic rings. The zero-order chi connectivity index (χ0) is 23.7.